The molecular formula is C24H29N5. The predicted octanol–water partition coefficient (Wildman–Crippen LogP) is 3.58. The van der Waals surface area contributed by atoms with Gasteiger partial charge >= 0.3 is 0 Å². The Morgan fingerprint density at radius 2 is 1.76 bits per heavy atom. The minimum atomic E-state index is 0.677. The number of rotatable bonds is 8. The van der Waals surface area contributed by atoms with Crippen LogP contribution >= 0.6 is 0 Å². The minimum absolute atomic E-state index is 0.677. The molecule has 0 spiro atoms. The van der Waals surface area contributed by atoms with Crippen LogP contribution in [0.2, 0.25) is 0 Å². The molecule has 5 nitrogen and oxygen atoms in total. The summed E-state index contributed by atoms with van der Waals surface area (Å²) < 4.78 is 0. The molecule has 0 unspecified atom stereocenters. The van der Waals surface area contributed by atoms with E-state index in [4.69, 9.17) is 0 Å². The lowest BCUT2D eigenvalue weighted by molar-refractivity contribution is 0.174. The van der Waals surface area contributed by atoms with Gasteiger partial charge in [-0.25, -0.2) is 9.97 Å². The van der Waals surface area contributed by atoms with Gasteiger partial charge in [-0.05, 0) is 56.0 Å². The van der Waals surface area contributed by atoms with Crippen LogP contribution in [0.1, 0.15) is 24.0 Å². The highest BCUT2D eigenvalue weighted by Gasteiger charge is 2.19. The van der Waals surface area contributed by atoms with E-state index in [0.29, 0.717) is 11.7 Å². The molecule has 1 aliphatic rings. The fourth-order valence-electron chi connectivity index (χ4n) is 3.95. The molecule has 4 rings (SSSR count). The molecule has 1 saturated heterocycles. The molecule has 0 saturated carbocycles. The fraction of sp³-hybridized carbons (Fsp3) is 0.375. The molecule has 3 heterocycles. The van der Waals surface area contributed by atoms with Crippen LogP contribution in [0.15, 0.2) is 67.1 Å². The molecular weight excluding hydrogens is 358 g/mol. The standard InChI is InChI=1S/C24H29N5/c1-2-7-20(8-3-1)11-14-29-13-6-9-21(19-29)15-25-16-22-17-27-24(28-18-22)23-10-4-5-12-26-23/h1-5,7-8,10,12,17-18,21,25H,6,9,11,13-16,19H2/t21-/m1/s1. The summed E-state index contributed by atoms with van der Waals surface area (Å²) in [5.41, 5.74) is 3.35. The maximum absolute atomic E-state index is 4.46. The van der Waals surface area contributed by atoms with Crippen LogP contribution in [-0.4, -0.2) is 46.0 Å². The number of hydrogen-bond acceptors (Lipinski definition) is 5. The Kier molecular flexibility index (Phi) is 6.94. The van der Waals surface area contributed by atoms with E-state index < -0.39 is 0 Å². The monoisotopic (exact) mass is 387 g/mol. The Bertz CT molecular complexity index is 851. The number of piperidine rings is 1. The van der Waals surface area contributed by atoms with Crippen molar-refractivity contribution >= 4 is 0 Å². The summed E-state index contributed by atoms with van der Waals surface area (Å²) in [5.74, 6) is 1.39. The summed E-state index contributed by atoms with van der Waals surface area (Å²) in [5, 5.41) is 3.60. The smallest absolute Gasteiger partial charge is 0.178 e. The van der Waals surface area contributed by atoms with Gasteiger partial charge in [0, 0.05) is 43.8 Å². The summed E-state index contributed by atoms with van der Waals surface area (Å²) in [7, 11) is 0. The third kappa shape index (κ3) is 5.92. The SMILES string of the molecule is c1ccc(CCN2CCC[C@H](CNCc3cnc(-c4ccccn4)nc3)C2)cc1. The van der Waals surface area contributed by atoms with Crippen LogP contribution in [-0.2, 0) is 13.0 Å². The zero-order chi connectivity index (χ0) is 19.7. The number of likely N-dealkylation sites (tertiary alicyclic amines) is 1. The van der Waals surface area contributed by atoms with Crippen molar-refractivity contribution in [3.05, 3.63) is 78.2 Å². The van der Waals surface area contributed by atoms with Crippen molar-refractivity contribution in [2.45, 2.75) is 25.8 Å². The van der Waals surface area contributed by atoms with Crippen LogP contribution < -0.4 is 5.32 Å². The molecule has 1 atom stereocenters. The second-order valence-electron chi connectivity index (χ2n) is 7.81. The number of nitrogens with one attached hydrogen (secondary N) is 1. The summed E-state index contributed by atoms with van der Waals surface area (Å²) in [6.07, 6.45) is 9.31. The first-order chi connectivity index (χ1) is 14.4. The van der Waals surface area contributed by atoms with Crippen molar-refractivity contribution < 1.29 is 0 Å². The second-order valence-corrected chi connectivity index (χ2v) is 7.81. The number of pyridine rings is 1. The maximum atomic E-state index is 4.46. The van der Waals surface area contributed by atoms with Gasteiger partial charge in [0.25, 0.3) is 0 Å². The van der Waals surface area contributed by atoms with E-state index in [1.807, 2.05) is 30.6 Å². The average Bonchev–Trinajstić information content (AvgIpc) is 2.80. The van der Waals surface area contributed by atoms with Gasteiger partial charge in [0.1, 0.15) is 5.69 Å². The van der Waals surface area contributed by atoms with Crippen molar-refractivity contribution in [2.75, 3.05) is 26.2 Å². The topological polar surface area (TPSA) is 53.9 Å². The van der Waals surface area contributed by atoms with E-state index in [1.165, 1.54) is 31.5 Å². The van der Waals surface area contributed by atoms with Gasteiger partial charge in [0.05, 0.1) is 0 Å². The van der Waals surface area contributed by atoms with Crippen molar-refractivity contribution in [3.8, 4) is 11.5 Å². The molecule has 1 fully saturated rings. The Morgan fingerprint density at radius 1 is 0.931 bits per heavy atom. The summed E-state index contributed by atoms with van der Waals surface area (Å²) in [4.78, 5) is 15.8. The van der Waals surface area contributed by atoms with Crippen LogP contribution in [0.25, 0.3) is 11.5 Å². The van der Waals surface area contributed by atoms with Gasteiger partial charge in [0.15, 0.2) is 5.82 Å². The van der Waals surface area contributed by atoms with Crippen LogP contribution in [0.5, 0.6) is 0 Å². The van der Waals surface area contributed by atoms with Crippen molar-refractivity contribution in [2.24, 2.45) is 5.92 Å². The van der Waals surface area contributed by atoms with Crippen molar-refractivity contribution in [1.82, 2.24) is 25.2 Å². The van der Waals surface area contributed by atoms with Crippen molar-refractivity contribution in [1.29, 1.82) is 0 Å². The normalized spacial score (nSPS) is 17.3. The minimum Gasteiger partial charge on any atom is -0.312 e. The summed E-state index contributed by atoms with van der Waals surface area (Å²) >= 11 is 0. The third-order valence-corrected chi connectivity index (χ3v) is 5.52. The number of aromatic nitrogens is 3. The second kappa shape index (κ2) is 10.2. The fourth-order valence-corrected chi connectivity index (χ4v) is 3.95. The molecule has 1 aliphatic heterocycles. The molecule has 5 heteroatoms. The van der Waals surface area contributed by atoms with Gasteiger partial charge < -0.3 is 10.2 Å². The van der Waals surface area contributed by atoms with Crippen LogP contribution in [0.4, 0.5) is 0 Å². The first-order valence-electron chi connectivity index (χ1n) is 10.6. The zero-order valence-corrected chi connectivity index (χ0v) is 16.9. The lowest BCUT2D eigenvalue weighted by atomic mass is 9.97. The maximum Gasteiger partial charge on any atom is 0.178 e. The molecule has 0 bridgehead atoms. The molecule has 150 valence electrons. The lowest BCUT2D eigenvalue weighted by Crippen LogP contribution is -2.40. The molecule has 1 N–H and O–H groups in total. The Hall–Kier alpha value is -2.63. The molecule has 0 radical (unpaired) electrons. The Morgan fingerprint density at radius 3 is 2.55 bits per heavy atom. The van der Waals surface area contributed by atoms with E-state index in [9.17, 15) is 0 Å². The first kappa shape index (κ1) is 19.7. The predicted molar refractivity (Wildman–Crippen MR) is 116 cm³/mol. The van der Waals surface area contributed by atoms with Gasteiger partial charge in [-0.2, -0.15) is 0 Å². The van der Waals surface area contributed by atoms with E-state index in [2.05, 4.69) is 55.5 Å². The van der Waals surface area contributed by atoms with E-state index in [0.717, 1.165) is 37.3 Å². The first-order valence-corrected chi connectivity index (χ1v) is 10.6. The number of benzene rings is 1. The van der Waals surface area contributed by atoms with Gasteiger partial charge in [0.2, 0.25) is 0 Å². The highest BCUT2D eigenvalue weighted by Crippen LogP contribution is 2.17. The van der Waals surface area contributed by atoms with Crippen LogP contribution in [0, 0.1) is 5.92 Å². The van der Waals surface area contributed by atoms with Gasteiger partial charge in [-0.3, -0.25) is 4.98 Å². The summed E-state index contributed by atoms with van der Waals surface area (Å²) in [6, 6.07) is 16.6. The van der Waals surface area contributed by atoms with E-state index in [-0.39, 0.29) is 0 Å². The van der Waals surface area contributed by atoms with Crippen LogP contribution in [0.3, 0.4) is 0 Å². The molecule has 2 aromatic heterocycles. The molecule has 29 heavy (non-hydrogen) atoms. The van der Waals surface area contributed by atoms with Gasteiger partial charge in [-0.15, -0.1) is 0 Å². The molecule has 0 aliphatic carbocycles. The third-order valence-electron chi connectivity index (χ3n) is 5.52. The zero-order valence-electron chi connectivity index (χ0n) is 16.9. The van der Waals surface area contributed by atoms with E-state index >= 15 is 0 Å². The average molecular weight is 388 g/mol. The Labute approximate surface area is 173 Å². The molecule has 3 aromatic rings. The quantitative estimate of drug-likeness (QED) is 0.640. The molecule has 1 aromatic carbocycles. The molecule has 0 amide bonds. The highest BCUT2D eigenvalue weighted by atomic mass is 15.1. The largest absolute Gasteiger partial charge is 0.312 e. The van der Waals surface area contributed by atoms with E-state index in [1.54, 1.807) is 6.20 Å². The van der Waals surface area contributed by atoms with Gasteiger partial charge in [-0.1, -0.05) is 36.4 Å². The summed E-state index contributed by atoms with van der Waals surface area (Å²) in [6.45, 7) is 5.43. The highest BCUT2D eigenvalue weighted by molar-refractivity contribution is 5.47. The van der Waals surface area contributed by atoms with Crippen molar-refractivity contribution in [3.63, 3.8) is 0 Å². The lowest BCUT2D eigenvalue weighted by Gasteiger charge is -2.33. The number of nitrogens with zero attached hydrogens (tertiary/aromatic N) is 4. The number of hydrogen-bond donors (Lipinski definition) is 1. The Balaban J connectivity index is 1.20.